The van der Waals surface area contributed by atoms with Gasteiger partial charge in [0.1, 0.15) is 11.9 Å². The van der Waals surface area contributed by atoms with E-state index in [2.05, 4.69) is 25.9 Å². The van der Waals surface area contributed by atoms with Crippen molar-refractivity contribution in [1.29, 1.82) is 0 Å². The number of hydrogen-bond acceptors (Lipinski definition) is 4. The highest BCUT2D eigenvalue weighted by Gasteiger charge is 2.06. The SMILES string of the molecule is CCNC(=NCC(C)Oc1cccc(C)c1)NCCNC(=O)c1cccnc1. The normalized spacial score (nSPS) is 12.2. The van der Waals surface area contributed by atoms with Gasteiger partial charge in [0.05, 0.1) is 12.1 Å². The lowest BCUT2D eigenvalue weighted by molar-refractivity contribution is 0.0954. The van der Waals surface area contributed by atoms with Crippen molar-refractivity contribution < 1.29 is 9.53 Å². The molecular formula is C21H29N5O2. The van der Waals surface area contributed by atoms with E-state index in [1.54, 1.807) is 24.5 Å². The molecule has 1 heterocycles. The van der Waals surface area contributed by atoms with Crippen LogP contribution in [0.15, 0.2) is 53.8 Å². The predicted octanol–water partition coefficient (Wildman–Crippen LogP) is 2.14. The van der Waals surface area contributed by atoms with Crippen LogP contribution in [0, 0.1) is 6.92 Å². The van der Waals surface area contributed by atoms with Crippen molar-refractivity contribution in [2.45, 2.75) is 26.9 Å². The number of amides is 1. The molecule has 28 heavy (non-hydrogen) atoms. The van der Waals surface area contributed by atoms with Crippen LogP contribution in [0.1, 0.15) is 29.8 Å². The summed E-state index contributed by atoms with van der Waals surface area (Å²) in [6.45, 7) is 8.35. The molecule has 0 aliphatic rings. The third kappa shape index (κ3) is 7.65. The Morgan fingerprint density at radius 3 is 2.71 bits per heavy atom. The Kier molecular flexibility index (Phi) is 8.78. The van der Waals surface area contributed by atoms with Crippen molar-refractivity contribution in [3.63, 3.8) is 0 Å². The molecule has 1 amide bonds. The quantitative estimate of drug-likeness (QED) is 0.351. The van der Waals surface area contributed by atoms with Crippen LogP contribution < -0.4 is 20.7 Å². The average Bonchev–Trinajstić information content (AvgIpc) is 2.69. The zero-order chi connectivity index (χ0) is 20.2. The molecule has 0 spiro atoms. The maximum Gasteiger partial charge on any atom is 0.252 e. The Morgan fingerprint density at radius 1 is 1.18 bits per heavy atom. The largest absolute Gasteiger partial charge is 0.489 e. The van der Waals surface area contributed by atoms with Crippen molar-refractivity contribution in [1.82, 2.24) is 20.9 Å². The summed E-state index contributed by atoms with van der Waals surface area (Å²) in [5.74, 6) is 1.40. The summed E-state index contributed by atoms with van der Waals surface area (Å²) < 4.78 is 5.90. The van der Waals surface area contributed by atoms with E-state index in [-0.39, 0.29) is 12.0 Å². The minimum absolute atomic E-state index is 0.0532. The van der Waals surface area contributed by atoms with Gasteiger partial charge in [0.15, 0.2) is 5.96 Å². The Bertz CT molecular complexity index is 764. The molecule has 0 aliphatic carbocycles. The summed E-state index contributed by atoms with van der Waals surface area (Å²) in [5.41, 5.74) is 1.71. The highest BCUT2D eigenvalue weighted by Crippen LogP contribution is 2.14. The number of carbonyl (C=O) groups excluding carboxylic acids is 1. The molecule has 1 aromatic heterocycles. The maximum absolute atomic E-state index is 12.0. The molecule has 0 aliphatic heterocycles. The summed E-state index contributed by atoms with van der Waals surface area (Å²) >= 11 is 0. The fourth-order valence-corrected chi connectivity index (χ4v) is 2.48. The second kappa shape index (κ2) is 11.6. The molecule has 1 unspecified atom stereocenters. The number of nitrogens with zero attached hydrogens (tertiary/aromatic N) is 2. The highest BCUT2D eigenvalue weighted by molar-refractivity contribution is 5.93. The lowest BCUT2D eigenvalue weighted by atomic mass is 10.2. The molecule has 150 valence electrons. The Balaban J connectivity index is 1.75. The smallest absolute Gasteiger partial charge is 0.252 e. The van der Waals surface area contributed by atoms with Crippen LogP contribution in [-0.2, 0) is 0 Å². The van der Waals surface area contributed by atoms with Gasteiger partial charge in [-0.1, -0.05) is 12.1 Å². The first-order chi connectivity index (χ1) is 13.6. The number of benzene rings is 1. The van der Waals surface area contributed by atoms with Gasteiger partial charge in [-0.3, -0.25) is 9.78 Å². The second-order valence-electron chi connectivity index (χ2n) is 6.39. The number of guanidine groups is 1. The van der Waals surface area contributed by atoms with Crippen LogP contribution in [-0.4, -0.2) is 49.1 Å². The van der Waals surface area contributed by atoms with Crippen molar-refractivity contribution in [2.24, 2.45) is 4.99 Å². The zero-order valence-electron chi connectivity index (χ0n) is 16.7. The van der Waals surface area contributed by atoms with Crippen LogP contribution in [0.3, 0.4) is 0 Å². The van der Waals surface area contributed by atoms with E-state index in [4.69, 9.17) is 4.74 Å². The first-order valence-electron chi connectivity index (χ1n) is 9.52. The molecule has 0 fully saturated rings. The predicted molar refractivity (Wildman–Crippen MR) is 112 cm³/mol. The molecule has 0 bridgehead atoms. The number of ether oxygens (including phenoxy) is 1. The first kappa shape index (κ1) is 21.2. The van der Waals surface area contributed by atoms with Crippen LogP contribution in [0.5, 0.6) is 5.75 Å². The van der Waals surface area contributed by atoms with Crippen LogP contribution in [0.4, 0.5) is 0 Å². The van der Waals surface area contributed by atoms with Crippen molar-refractivity contribution >= 4 is 11.9 Å². The number of nitrogens with one attached hydrogen (secondary N) is 3. The van der Waals surface area contributed by atoms with Gasteiger partial charge in [-0.25, -0.2) is 4.99 Å². The van der Waals surface area contributed by atoms with Gasteiger partial charge in [0, 0.05) is 32.0 Å². The van der Waals surface area contributed by atoms with Gasteiger partial charge >= 0.3 is 0 Å². The van der Waals surface area contributed by atoms with Crippen LogP contribution >= 0.6 is 0 Å². The van der Waals surface area contributed by atoms with E-state index in [0.29, 0.717) is 31.2 Å². The van der Waals surface area contributed by atoms with E-state index < -0.39 is 0 Å². The lowest BCUT2D eigenvalue weighted by Crippen LogP contribution is -2.42. The summed E-state index contributed by atoms with van der Waals surface area (Å²) in [6.07, 6.45) is 3.13. The molecule has 2 rings (SSSR count). The van der Waals surface area contributed by atoms with Crippen molar-refractivity contribution in [3.05, 3.63) is 59.9 Å². The van der Waals surface area contributed by atoms with Gasteiger partial charge in [0.25, 0.3) is 5.91 Å². The molecule has 7 nitrogen and oxygen atoms in total. The third-order valence-electron chi connectivity index (χ3n) is 3.80. The van der Waals surface area contributed by atoms with Gasteiger partial charge in [-0.2, -0.15) is 0 Å². The number of aryl methyl sites for hydroxylation is 1. The van der Waals surface area contributed by atoms with E-state index in [0.717, 1.165) is 17.9 Å². The van der Waals surface area contributed by atoms with Crippen molar-refractivity contribution in [3.8, 4) is 5.75 Å². The molecule has 3 N–H and O–H groups in total. The fourth-order valence-electron chi connectivity index (χ4n) is 2.48. The average molecular weight is 383 g/mol. The Labute approximate surface area is 166 Å². The van der Waals surface area contributed by atoms with Crippen LogP contribution in [0.2, 0.25) is 0 Å². The number of carbonyl (C=O) groups is 1. The molecular weight excluding hydrogens is 354 g/mol. The number of rotatable bonds is 9. The number of pyridine rings is 1. The highest BCUT2D eigenvalue weighted by atomic mass is 16.5. The minimum atomic E-state index is -0.142. The van der Waals surface area contributed by atoms with Crippen LogP contribution in [0.25, 0.3) is 0 Å². The fraction of sp³-hybridized carbons (Fsp3) is 0.381. The second-order valence-corrected chi connectivity index (χ2v) is 6.39. The summed E-state index contributed by atoms with van der Waals surface area (Å²) in [6, 6.07) is 11.4. The van der Waals surface area contributed by atoms with E-state index in [9.17, 15) is 4.79 Å². The monoisotopic (exact) mass is 383 g/mol. The number of aromatic nitrogens is 1. The van der Waals surface area contributed by atoms with E-state index in [1.807, 2.05) is 45.0 Å². The van der Waals surface area contributed by atoms with Gasteiger partial charge in [-0.05, 0) is 50.6 Å². The Hall–Kier alpha value is -3.09. The standard InChI is InChI=1S/C21H29N5O2/c1-4-23-21(25-12-11-24-20(27)18-8-6-10-22-15-18)26-14-17(3)28-19-9-5-7-16(2)13-19/h5-10,13,15,17H,4,11-12,14H2,1-3H3,(H,24,27)(H2,23,25,26). The molecule has 0 saturated carbocycles. The topological polar surface area (TPSA) is 87.6 Å². The lowest BCUT2D eigenvalue weighted by Gasteiger charge is -2.15. The van der Waals surface area contributed by atoms with E-state index >= 15 is 0 Å². The molecule has 0 saturated heterocycles. The molecule has 1 atom stereocenters. The maximum atomic E-state index is 12.0. The third-order valence-corrected chi connectivity index (χ3v) is 3.80. The first-order valence-corrected chi connectivity index (χ1v) is 9.52. The number of hydrogen-bond donors (Lipinski definition) is 3. The molecule has 2 aromatic rings. The summed E-state index contributed by atoms with van der Waals surface area (Å²) in [4.78, 5) is 20.5. The zero-order valence-corrected chi connectivity index (χ0v) is 16.7. The van der Waals surface area contributed by atoms with Crippen molar-refractivity contribution in [2.75, 3.05) is 26.2 Å². The van der Waals surface area contributed by atoms with Gasteiger partial charge in [-0.15, -0.1) is 0 Å². The molecule has 1 aromatic carbocycles. The molecule has 7 heteroatoms. The van der Waals surface area contributed by atoms with Gasteiger partial charge < -0.3 is 20.7 Å². The van der Waals surface area contributed by atoms with Gasteiger partial charge in [0.2, 0.25) is 0 Å². The summed E-state index contributed by atoms with van der Waals surface area (Å²) in [5, 5.41) is 9.25. The Morgan fingerprint density at radius 2 is 2.00 bits per heavy atom. The minimum Gasteiger partial charge on any atom is -0.489 e. The summed E-state index contributed by atoms with van der Waals surface area (Å²) in [7, 11) is 0. The molecule has 0 radical (unpaired) electrons. The van der Waals surface area contributed by atoms with E-state index in [1.165, 1.54) is 0 Å². The number of aliphatic imine (C=N–C) groups is 1.